The molecule has 0 spiro atoms. The number of benzene rings is 1. The Labute approximate surface area is 138 Å². The first-order valence-corrected chi connectivity index (χ1v) is 7.03. The molecular weight excluding hydrogens is 347 g/mol. The Kier molecular flexibility index (Phi) is 3.71. The lowest BCUT2D eigenvalue weighted by Crippen LogP contribution is -2.07. The Bertz CT molecular complexity index is 966. The van der Waals surface area contributed by atoms with Gasteiger partial charge in [-0.2, -0.15) is 18.3 Å². The zero-order chi connectivity index (χ0) is 17.6. The topological polar surface area (TPSA) is 67.5 Å². The molecule has 0 aliphatic carbocycles. The van der Waals surface area contributed by atoms with Crippen LogP contribution < -0.4 is 0 Å². The van der Waals surface area contributed by atoms with Crippen LogP contribution >= 0.6 is 11.6 Å². The second-order valence-corrected chi connectivity index (χ2v) is 5.40. The van der Waals surface area contributed by atoms with Crippen LogP contribution in [0.2, 0.25) is 5.15 Å². The Morgan fingerprint density at radius 3 is 2.58 bits per heavy atom. The third-order valence-corrected chi connectivity index (χ3v) is 3.68. The second-order valence-electron chi connectivity index (χ2n) is 5.01. The molecule has 3 rings (SSSR count). The summed E-state index contributed by atoms with van der Waals surface area (Å²) in [5.74, 6) is -1.30. The lowest BCUT2D eigenvalue weighted by Gasteiger charge is -2.11. The minimum absolute atomic E-state index is 0.000177. The molecule has 0 saturated carbocycles. The van der Waals surface area contributed by atoms with Gasteiger partial charge in [-0.15, -0.1) is 0 Å². The molecule has 0 fully saturated rings. The molecule has 0 bridgehead atoms. The van der Waals surface area contributed by atoms with Crippen LogP contribution in [-0.2, 0) is 6.18 Å². The van der Waals surface area contributed by atoms with Crippen molar-refractivity contribution in [2.24, 2.45) is 0 Å². The van der Waals surface area contributed by atoms with E-state index in [1.807, 2.05) is 0 Å². The molecule has 1 aromatic carbocycles. The monoisotopic (exact) mass is 355 g/mol. The van der Waals surface area contributed by atoms with E-state index >= 15 is 0 Å². The van der Waals surface area contributed by atoms with E-state index in [1.165, 1.54) is 25.1 Å². The molecule has 0 aliphatic rings. The summed E-state index contributed by atoms with van der Waals surface area (Å²) in [7, 11) is 0. The number of aryl methyl sites for hydroxylation is 1. The summed E-state index contributed by atoms with van der Waals surface area (Å²) in [4.78, 5) is 15.4. The molecule has 2 heterocycles. The SMILES string of the molecule is Cc1c(-c2ccccc2C(F)(F)F)nc2c(C(=O)O)cc(Cl)nn12. The maximum Gasteiger partial charge on any atom is 0.417 e. The lowest BCUT2D eigenvalue weighted by molar-refractivity contribution is -0.137. The highest BCUT2D eigenvalue weighted by molar-refractivity contribution is 6.29. The highest BCUT2D eigenvalue weighted by Crippen LogP contribution is 2.38. The van der Waals surface area contributed by atoms with E-state index in [1.54, 1.807) is 0 Å². The molecule has 0 amide bonds. The van der Waals surface area contributed by atoms with Crippen LogP contribution in [0.1, 0.15) is 21.6 Å². The number of rotatable bonds is 2. The zero-order valence-corrected chi connectivity index (χ0v) is 12.9. The summed E-state index contributed by atoms with van der Waals surface area (Å²) >= 11 is 5.80. The molecule has 0 saturated heterocycles. The number of carboxylic acids is 1. The van der Waals surface area contributed by atoms with Crippen molar-refractivity contribution in [1.29, 1.82) is 0 Å². The third-order valence-electron chi connectivity index (χ3n) is 3.50. The van der Waals surface area contributed by atoms with Crippen molar-refractivity contribution < 1.29 is 23.1 Å². The molecule has 3 aromatic rings. The van der Waals surface area contributed by atoms with Crippen molar-refractivity contribution in [2.45, 2.75) is 13.1 Å². The molecule has 0 atom stereocenters. The summed E-state index contributed by atoms with van der Waals surface area (Å²) in [6.07, 6.45) is -4.57. The van der Waals surface area contributed by atoms with Gasteiger partial charge in [-0.3, -0.25) is 0 Å². The van der Waals surface area contributed by atoms with Crippen molar-refractivity contribution in [3.63, 3.8) is 0 Å². The van der Waals surface area contributed by atoms with Gasteiger partial charge in [0.05, 0.1) is 17.0 Å². The number of hydrogen-bond donors (Lipinski definition) is 1. The van der Waals surface area contributed by atoms with Gasteiger partial charge in [-0.25, -0.2) is 14.3 Å². The van der Waals surface area contributed by atoms with E-state index < -0.39 is 17.7 Å². The fourth-order valence-electron chi connectivity index (χ4n) is 2.45. The number of aromatic nitrogens is 3. The van der Waals surface area contributed by atoms with Gasteiger partial charge in [0, 0.05) is 5.56 Å². The predicted octanol–water partition coefficient (Wildman–Crippen LogP) is 4.08. The maximum atomic E-state index is 13.2. The minimum Gasteiger partial charge on any atom is -0.478 e. The molecule has 9 heteroatoms. The molecule has 5 nitrogen and oxygen atoms in total. The van der Waals surface area contributed by atoms with E-state index in [2.05, 4.69) is 10.1 Å². The van der Waals surface area contributed by atoms with Crippen LogP contribution in [0.25, 0.3) is 16.9 Å². The average Bonchev–Trinajstić information content (AvgIpc) is 2.83. The number of alkyl halides is 3. The van der Waals surface area contributed by atoms with Crippen molar-refractivity contribution in [3.05, 3.63) is 52.3 Å². The van der Waals surface area contributed by atoms with Crippen LogP contribution in [0.3, 0.4) is 0 Å². The first kappa shape index (κ1) is 16.3. The summed E-state index contributed by atoms with van der Waals surface area (Å²) in [5.41, 5.74) is -1.07. The maximum absolute atomic E-state index is 13.2. The summed E-state index contributed by atoms with van der Waals surface area (Å²) < 4.78 is 40.8. The van der Waals surface area contributed by atoms with Gasteiger partial charge >= 0.3 is 12.1 Å². The molecule has 0 radical (unpaired) electrons. The van der Waals surface area contributed by atoms with E-state index in [0.717, 1.165) is 16.6 Å². The fraction of sp³-hybridized carbons (Fsp3) is 0.133. The summed E-state index contributed by atoms with van der Waals surface area (Å²) in [6, 6.07) is 6.05. The minimum atomic E-state index is -4.57. The second kappa shape index (κ2) is 5.48. The molecule has 0 unspecified atom stereocenters. The van der Waals surface area contributed by atoms with Crippen LogP contribution in [0.4, 0.5) is 13.2 Å². The van der Waals surface area contributed by atoms with Gasteiger partial charge in [0.25, 0.3) is 0 Å². The number of hydrogen-bond acceptors (Lipinski definition) is 3. The van der Waals surface area contributed by atoms with E-state index in [-0.39, 0.29) is 33.3 Å². The van der Waals surface area contributed by atoms with Crippen molar-refractivity contribution in [3.8, 4) is 11.3 Å². The van der Waals surface area contributed by atoms with Crippen molar-refractivity contribution in [1.82, 2.24) is 14.6 Å². The Balaban J connectivity index is 2.36. The van der Waals surface area contributed by atoms with Crippen molar-refractivity contribution >= 4 is 23.2 Å². The fourth-order valence-corrected chi connectivity index (χ4v) is 2.63. The van der Waals surface area contributed by atoms with Crippen LogP contribution in [0.5, 0.6) is 0 Å². The lowest BCUT2D eigenvalue weighted by atomic mass is 10.0. The highest BCUT2D eigenvalue weighted by atomic mass is 35.5. The van der Waals surface area contributed by atoms with Crippen molar-refractivity contribution in [2.75, 3.05) is 0 Å². The van der Waals surface area contributed by atoms with Gasteiger partial charge in [0.15, 0.2) is 10.8 Å². The number of imidazole rings is 1. The molecule has 0 aliphatic heterocycles. The normalized spacial score (nSPS) is 11.9. The summed E-state index contributed by atoms with van der Waals surface area (Å²) in [5, 5.41) is 13.1. The van der Waals surface area contributed by atoms with Gasteiger partial charge in [-0.05, 0) is 19.1 Å². The number of carboxylic acid groups (broad SMARTS) is 1. The van der Waals surface area contributed by atoms with Gasteiger partial charge in [-0.1, -0.05) is 29.8 Å². The molecule has 2 aromatic heterocycles. The number of fused-ring (bicyclic) bond motifs is 1. The molecule has 124 valence electrons. The molecule has 24 heavy (non-hydrogen) atoms. The first-order valence-electron chi connectivity index (χ1n) is 6.66. The van der Waals surface area contributed by atoms with E-state index in [0.29, 0.717) is 0 Å². The van der Waals surface area contributed by atoms with Crippen LogP contribution in [0.15, 0.2) is 30.3 Å². The first-order chi connectivity index (χ1) is 11.2. The average molecular weight is 356 g/mol. The van der Waals surface area contributed by atoms with Gasteiger partial charge < -0.3 is 5.11 Å². The smallest absolute Gasteiger partial charge is 0.417 e. The van der Waals surface area contributed by atoms with E-state index in [4.69, 9.17) is 11.6 Å². The molecule has 1 N–H and O–H groups in total. The summed E-state index contributed by atoms with van der Waals surface area (Å²) in [6.45, 7) is 1.50. The quantitative estimate of drug-likeness (QED) is 0.752. The van der Waals surface area contributed by atoms with E-state index in [9.17, 15) is 23.1 Å². The standard InChI is InChI=1S/C15H9ClF3N3O2/c1-7-12(8-4-2-3-5-10(8)15(17,18)19)20-13-9(14(23)24)6-11(16)21-22(7)13/h2-6H,1H3,(H,23,24). The van der Waals surface area contributed by atoms with Crippen LogP contribution in [-0.4, -0.2) is 25.7 Å². The van der Waals surface area contributed by atoms with Crippen LogP contribution in [0, 0.1) is 6.92 Å². The number of carbonyl (C=O) groups is 1. The Hall–Kier alpha value is -2.61. The largest absolute Gasteiger partial charge is 0.478 e. The predicted molar refractivity (Wildman–Crippen MR) is 80.1 cm³/mol. The number of nitrogens with zero attached hydrogens (tertiary/aromatic N) is 3. The number of halogens is 4. The highest BCUT2D eigenvalue weighted by Gasteiger charge is 2.34. The Morgan fingerprint density at radius 1 is 1.29 bits per heavy atom. The third kappa shape index (κ3) is 2.58. The van der Waals surface area contributed by atoms with Gasteiger partial charge in [0.1, 0.15) is 5.56 Å². The Morgan fingerprint density at radius 2 is 1.96 bits per heavy atom. The van der Waals surface area contributed by atoms with Gasteiger partial charge in [0.2, 0.25) is 0 Å². The number of aromatic carboxylic acids is 1. The zero-order valence-electron chi connectivity index (χ0n) is 12.1. The molecular formula is C15H9ClF3N3O2.